The van der Waals surface area contributed by atoms with Gasteiger partial charge in [-0.15, -0.1) is 24.0 Å². The standard InChI is InChI=1S/C20H27N3O2.HI/c1-5-25-18-12-11-16(13-19(18)24-4)14-22-20(21-3)23-15(2)17-9-7-6-8-10-17;/h6-13,15H,5,14H2,1-4H3,(H2,21,22,23);1H. The smallest absolute Gasteiger partial charge is 0.191 e. The summed E-state index contributed by atoms with van der Waals surface area (Å²) in [4.78, 5) is 4.30. The zero-order valence-electron chi connectivity index (χ0n) is 15.8. The largest absolute Gasteiger partial charge is 0.493 e. The summed E-state index contributed by atoms with van der Waals surface area (Å²) in [5, 5.41) is 6.73. The first-order valence-electron chi connectivity index (χ1n) is 8.49. The Labute approximate surface area is 173 Å². The van der Waals surface area contributed by atoms with Crippen molar-refractivity contribution in [2.45, 2.75) is 26.4 Å². The minimum atomic E-state index is 0. The summed E-state index contributed by atoms with van der Waals surface area (Å²) in [5.41, 5.74) is 2.31. The number of hydrogen-bond donors (Lipinski definition) is 2. The van der Waals surface area contributed by atoms with E-state index in [1.165, 1.54) is 5.56 Å². The van der Waals surface area contributed by atoms with E-state index in [2.05, 4.69) is 34.7 Å². The van der Waals surface area contributed by atoms with Crippen LogP contribution in [0.4, 0.5) is 0 Å². The number of rotatable bonds is 7. The highest BCUT2D eigenvalue weighted by atomic mass is 127. The molecular weight excluding hydrogens is 441 g/mol. The van der Waals surface area contributed by atoms with Gasteiger partial charge in [0.25, 0.3) is 0 Å². The molecule has 5 nitrogen and oxygen atoms in total. The van der Waals surface area contributed by atoms with Crippen LogP contribution < -0.4 is 20.1 Å². The van der Waals surface area contributed by atoms with E-state index >= 15 is 0 Å². The maximum Gasteiger partial charge on any atom is 0.191 e. The summed E-state index contributed by atoms with van der Waals surface area (Å²) in [5.74, 6) is 2.25. The fraction of sp³-hybridized carbons (Fsp3) is 0.350. The average Bonchev–Trinajstić information content (AvgIpc) is 2.66. The average molecular weight is 469 g/mol. The third-order valence-electron chi connectivity index (χ3n) is 3.86. The zero-order valence-corrected chi connectivity index (χ0v) is 18.1. The van der Waals surface area contributed by atoms with E-state index < -0.39 is 0 Å². The monoisotopic (exact) mass is 469 g/mol. The summed E-state index contributed by atoms with van der Waals surface area (Å²) < 4.78 is 10.9. The number of benzene rings is 2. The molecule has 0 aliphatic heterocycles. The molecule has 0 bridgehead atoms. The van der Waals surface area contributed by atoms with Gasteiger partial charge in [-0.2, -0.15) is 0 Å². The lowest BCUT2D eigenvalue weighted by molar-refractivity contribution is 0.310. The molecule has 0 saturated carbocycles. The van der Waals surface area contributed by atoms with Crippen molar-refractivity contribution in [2.24, 2.45) is 4.99 Å². The molecule has 0 saturated heterocycles. The number of ether oxygens (including phenoxy) is 2. The van der Waals surface area contributed by atoms with Crippen LogP contribution in [0.3, 0.4) is 0 Å². The summed E-state index contributed by atoms with van der Waals surface area (Å²) in [7, 11) is 3.42. The third-order valence-corrected chi connectivity index (χ3v) is 3.86. The molecule has 2 N–H and O–H groups in total. The van der Waals surface area contributed by atoms with Crippen LogP contribution in [0.1, 0.15) is 31.0 Å². The van der Waals surface area contributed by atoms with Gasteiger partial charge < -0.3 is 20.1 Å². The van der Waals surface area contributed by atoms with Gasteiger partial charge in [0.15, 0.2) is 17.5 Å². The molecule has 0 aliphatic rings. The molecule has 26 heavy (non-hydrogen) atoms. The number of methoxy groups -OCH3 is 1. The molecule has 0 amide bonds. The highest BCUT2D eigenvalue weighted by molar-refractivity contribution is 14.0. The van der Waals surface area contributed by atoms with Crippen molar-refractivity contribution in [2.75, 3.05) is 20.8 Å². The van der Waals surface area contributed by atoms with Crippen molar-refractivity contribution in [3.63, 3.8) is 0 Å². The van der Waals surface area contributed by atoms with Gasteiger partial charge in [0.1, 0.15) is 0 Å². The highest BCUT2D eigenvalue weighted by Gasteiger charge is 2.09. The van der Waals surface area contributed by atoms with E-state index in [0.717, 1.165) is 23.0 Å². The van der Waals surface area contributed by atoms with Crippen LogP contribution in [0.25, 0.3) is 0 Å². The minimum Gasteiger partial charge on any atom is -0.493 e. The van der Waals surface area contributed by atoms with Crippen LogP contribution in [-0.2, 0) is 6.54 Å². The Morgan fingerprint density at radius 1 is 1.12 bits per heavy atom. The second kappa shape index (κ2) is 11.6. The summed E-state index contributed by atoms with van der Waals surface area (Å²) in [6, 6.07) is 16.4. The molecule has 0 spiro atoms. The van der Waals surface area contributed by atoms with E-state index in [9.17, 15) is 0 Å². The summed E-state index contributed by atoms with van der Waals surface area (Å²) in [6.45, 7) is 5.33. The van der Waals surface area contributed by atoms with Gasteiger partial charge in [0, 0.05) is 13.6 Å². The molecule has 2 aromatic carbocycles. The minimum absolute atomic E-state index is 0. The van der Waals surface area contributed by atoms with Gasteiger partial charge in [-0.05, 0) is 37.1 Å². The molecule has 142 valence electrons. The fourth-order valence-corrected chi connectivity index (χ4v) is 2.51. The maximum atomic E-state index is 5.55. The van der Waals surface area contributed by atoms with Crippen LogP contribution in [0.2, 0.25) is 0 Å². The van der Waals surface area contributed by atoms with E-state index in [1.807, 2.05) is 43.3 Å². The SMILES string of the molecule is CCOc1ccc(CNC(=NC)NC(C)c2ccccc2)cc1OC.I. The third kappa shape index (κ3) is 6.40. The highest BCUT2D eigenvalue weighted by Crippen LogP contribution is 2.27. The summed E-state index contributed by atoms with van der Waals surface area (Å²) >= 11 is 0. The normalized spacial score (nSPS) is 11.9. The van der Waals surface area contributed by atoms with Gasteiger partial charge in [-0.3, -0.25) is 4.99 Å². The molecule has 2 rings (SSSR count). The number of nitrogens with zero attached hydrogens (tertiary/aromatic N) is 1. The van der Waals surface area contributed by atoms with Crippen LogP contribution >= 0.6 is 24.0 Å². The second-order valence-corrected chi connectivity index (χ2v) is 5.62. The number of guanidine groups is 1. The predicted molar refractivity (Wildman–Crippen MR) is 118 cm³/mol. The number of nitrogens with one attached hydrogen (secondary N) is 2. The van der Waals surface area contributed by atoms with Gasteiger partial charge in [0.2, 0.25) is 0 Å². The zero-order chi connectivity index (χ0) is 18.1. The van der Waals surface area contributed by atoms with Crippen molar-refractivity contribution < 1.29 is 9.47 Å². The number of hydrogen-bond acceptors (Lipinski definition) is 3. The first kappa shape index (κ1) is 22.1. The Balaban J connectivity index is 0.00000338. The maximum absolute atomic E-state index is 5.55. The van der Waals surface area contributed by atoms with Crippen molar-refractivity contribution in [3.05, 3.63) is 59.7 Å². The topological polar surface area (TPSA) is 54.9 Å². The Bertz CT molecular complexity index is 693. The van der Waals surface area contributed by atoms with Gasteiger partial charge >= 0.3 is 0 Å². The molecule has 0 aromatic heterocycles. The van der Waals surface area contributed by atoms with Gasteiger partial charge in [0.05, 0.1) is 19.8 Å². The van der Waals surface area contributed by atoms with Crippen LogP contribution in [0, 0.1) is 0 Å². The molecule has 2 aromatic rings. The number of aliphatic imine (C=N–C) groups is 1. The summed E-state index contributed by atoms with van der Waals surface area (Å²) in [6.07, 6.45) is 0. The fourth-order valence-electron chi connectivity index (χ4n) is 2.51. The molecule has 0 fully saturated rings. The Hall–Kier alpha value is -1.96. The molecular formula is C20H28IN3O2. The van der Waals surface area contributed by atoms with Gasteiger partial charge in [-0.25, -0.2) is 0 Å². The van der Waals surface area contributed by atoms with E-state index in [0.29, 0.717) is 13.2 Å². The second-order valence-electron chi connectivity index (χ2n) is 5.62. The van der Waals surface area contributed by atoms with Crippen molar-refractivity contribution in [3.8, 4) is 11.5 Å². The van der Waals surface area contributed by atoms with Crippen LogP contribution in [0.5, 0.6) is 11.5 Å². The molecule has 1 atom stereocenters. The van der Waals surface area contributed by atoms with E-state index in [1.54, 1.807) is 14.2 Å². The quantitative estimate of drug-likeness (QED) is 0.364. The van der Waals surface area contributed by atoms with Crippen molar-refractivity contribution >= 4 is 29.9 Å². The van der Waals surface area contributed by atoms with Crippen molar-refractivity contribution in [1.29, 1.82) is 0 Å². The van der Waals surface area contributed by atoms with E-state index in [-0.39, 0.29) is 30.0 Å². The molecule has 1 unspecified atom stereocenters. The Morgan fingerprint density at radius 3 is 2.46 bits per heavy atom. The Morgan fingerprint density at radius 2 is 1.85 bits per heavy atom. The lowest BCUT2D eigenvalue weighted by atomic mass is 10.1. The molecule has 0 heterocycles. The molecule has 6 heteroatoms. The molecule has 0 aliphatic carbocycles. The first-order chi connectivity index (χ1) is 12.2. The lowest BCUT2D eigenvalue weighted by Gasteiger charge is -2.18. The van der Waals surface area contributed by atoms with Crippen LogP contribution in [-0.4, -0.2) is 26.7 Å². The lowest BCUT2D eigenvalue weighted by Crippen LogP contribution is -2.38. The Kier molecular flexibility index (Phi) is 9.87. The number of halogens is 1. The van der Waals surface area contributed by atoms with E-state index in [4.69, 9.17) is 9.47 Å². The van der Waals surface area contributed by atoms with Crippen molar-refractivity contribution in [1.82, 2.24) is 10.6 Å². The predicted octanol–water partition coefficient (Wildman–Crippen LogP) is 4.14. The molecule has 0 radical (unpaired) electrons. The van der Waals surface area contributed by atoms with Crippen LogP contribution in [0.15, 0.2) is 53.5 Å². The van der Waals surface area contributed by atoms with Gasteiger partial charge in [-0.1, -0.05) is 36.4 Å². The first-order valence-corrected chi connectivity index (χ1v) is 8.49.